The van der Waals surface area contributed by atoms with Crippen LogP contribution in [0.1, 0.15) is 22.5 Å². The lowest BCUT2D eigenvalue weighted by molar-refractivity contribution is 0.0996. The molecule has 0 unspecified atom stereocenters. The number of carbonyl (C=O) groups is 1. The Kier molecular flexibility index (Phi) is 9.15. The lowest BCUT2D eigenvalue weighted by Crippen LogP contribution is -2.44. The van der Waals surface area contributed by atoms with Crippen molar-refractivity contribution in [3.8, 4) is 11.8 Å². The fourth-order valence-electron chi connectivity index (χ4n) is 3.84. The van der Waals surface area contributed by atoms with E-state index in [1.807, 2.05) is 6.92 Å². The first-order valence-electron chi connectivity index (χ1n) is 12.2. The summed E-state index contributed by atoms with van der Waals surface area (Å²) >= 11 is 5.87. The van der Waals surface area contributed by atoms with Crippen LogP contribution in [-0.2, 0) is 0 Å². The number of nitrogens with one attached hydrogen (secondary N) is 3. The monoisotopic (exact) mass is 545 g/mol. The zero-order valence-corrected chi connectivity index (χ0v) is 22.6. The van der Waals surface area contributed by atoms with Crippen LogP contribution in [0.4, 0.5) is 23.3 Å². The molecular weight excluding hydrogens is 514 g/mol. The van der Waals surface area contributed by atoms with E-state index >= 15 is 0 Å². The van der Waals surface area contributed by atoms with E-state index in [0.717, 1.165) is 44.7 Å². The summed E-state index contributed by atoms with van der Waals surface area (Å²) in [6.07, 6.45) is 2.52. The van der Waals surface area contributed by atoms with Crippen LogP contribution >= 0.6 is 11.6 Å². The first-order chi connectivity index (χ1) is 18.4. The Hall–Kier alpha value is -3.68. The molecule has 0 radical (unpaired) electrons. The van der Waals surface area contributed by atoms with Crippen molar-refractivity contribution in [2.45, 2.75) is 13.3 Å². The van der Waals surface area contributed by atoms with Gasteiger partial charge < -0.3 is 39.6 Å². The molecule has 3 aromatic heterocycles. The van der Waals surface area contributed by atoms with Crippen molar-refractivity contribution in [2.75, 3.05) is 76.5 Å². The Morgan fingerprint density at radius 2 is 1.82 bits per heavy atom. The van der Waals surface area contributed by atoms with Gasteiger partial charge in [-0.25, -0.2) is 9.97 Å². The number of hydrogen-bond donors (Lipinski definition) is 3. The second-order valence-electron chi connectivity index (χ2n) is 8.78. The van der Waals surface area contributed by atoms with Crippen LogP contribution in [0.3, 0.4) is 0 Å². The van der Waals surface area contributed by atoms with E-state index in [-0.39, 0.29) is 28.5 Å². The quantitative estimate of drug-likeness (QED) is 0.241. The van der Waals surface area contributed by atoms with Crippen molar-refractivity contribution < 1.29 is 18.7 Å². The molecule has 1 amide bonds. The van der Waals surface area contributed by atoms with Gasteiger partial charge in [-0.05, 0) is 44.6 Å². The highest BCUT2D eigenvalue weighted by atomic mass is 35.5. The fraction of sp³-hybridized carbons (Fsp3) is 0.458. The smallest absolute Gasteiger partial charge is 0.291 e. The topological polar surface area (TPSA) is 143 Å². The second-order valence-corrected chi connectivity index (χ2v) is 9.12. The molecule has 14 heteroatoms. The Balaban J connectivity index is 1.38. The maximum absolute atomic E-state index is 12.9. The highest BCUT2D eigenvalue weighted by Gasteiger charge is 2.21. The zero-order chi connectivity index (χ0) is 27.1. The Labute approximate surface area is 225 Å². The number of aryl methyl sites for hydroxylation is 1. The van der Waals surface area contributed by atoms with E-state index in [9.17, 15) is 4.79 Å². The van der Waals surface area contributed by atoms with Crippen molar-refractivity contribution in [2.24, 2.45) is 0 Å². The number of piperazine rings is 1. The zero-order valence-electron chi connectivity index (χ0n) is 21.9. The first-order valence-corrected chi connectivity index (χ1v) is 12.6. The number of hydrogen-bond acceptors (Lipinski definition) is 12. The van der Waals surface area contributed by atoms with E-state index in [2.05, 4.69) is 52.7 Å². The summed E-state index contributed by atoms with van der Waals surface area (Å²) in [6, 6.07) is 3.12. The van der Waals surface area contributed by atoms with Crippen LogP contribution in [0.25, 0.3) is 0 Å². The van der Waals surface area contributed by atoms with Gasteiger partial charge in [0, 0.05) is 50.6 Å². The van der Waals surface area contributed by atoms with Crippen LogP contribution in [0.2, 0.25) is 5.28 Å². The fourth-order valence-corrected chi connectivity index (χ4v) is 3.98. The molecule has 4 rings (SSSR count). The van der Waals surface area contributed by atoms with Gasteiger partial charge in [-0.1, -0.05) is 0 Å². The van der Waals surface area contributed by atoms with Gasteiger partial charge in [-0.2, -0.15) is 9.97 Å². The number of aromatic nitrogens is 4. The van der Waals surface area contributed by atoms with Crippen LogP contribution in [0.15, 0.2) is 22.7 Å². The number of likely N-dealkylation sites (N-methyl/N-ethyl adjacent to an activating group) is 1. The molecule has 0 atom stereocenters. The van der Waals surface area contributed by atoms with Gasteiger partial charge in [0.2, 0.25) is 23.0 Å². The molecule has 1 aliphatic rings. The lowest BCUT2D eigenvalue weighted by atomic mass is 10.3. The van der Waals surface area contributed by atoms with Gasteiger partial charge in [-0.3, -0.25) is 4.79 Å². The summed E-state index contributed by atoms with van der Waals surface area (Å²) in [4.78, 5) is 34.5. The molecule has 1 aliphatic heterocycles. The van der Waals surface area contributed by atoms with Crippen molar-refractivity contribution in [1.82, 2.24) is 29.7 Å². The molecule has 0 spiro atoms. The number of rotatable bonds is 11. The van der Waals surface area contributed by atoms with Gasteiger partial charge in [0.1, 0.15) is 5.82 Å². The number of carbonyl (C=O) groups excluding carboxylic acids is 1. The maximum atomic E-state index is 12.9. The van der Waals surface area contributed by atoms with E-state index in [1.165, 1.54) is 20.3 Å². The minimum atomic E-state index is -0.538. The molecule has 13 nitrogen and oxygen atoms in total. The first kappa shape index (κ1) is 27.4. The maximum Gasteiger partial charge on any atom is 0.291 e. The van der Waals surface area contributed by atoms with Crippen LogP contribution in [0.5, 0.6) is 11.8 Å². The molecule has 1 saturated heterocycles. The number of anilines is 4. The summed E-state index contributed by atoms with van der Waals surface area (Å²) in [5, 5.41) is 9.00. The normalized spacial score (nSPS) is 14.2. The predicted octanol–water partition coefficient (Wildman–Crippen LogP) is 2.88. The summed E-state index contributed by atoms with van der Waals surface area (Å²) in [5.41, 5.74) is 0.948. The number of nitrogens with zero attached hydrogens (tertiary/aromatic N) is 6. The number of methoxy groups -OCH3 is 2. The number of halogens is 1. The highest BCUT2D eigenvalue weighted by molar-refractivity contribution is 6.28. The minimum absolute atomic E-state index is 0.0421. The van der Waals surface area contributed by atoms with Gasteiger partial charge in [0.15, 0.2) is 17.3 Å². The van der Waals surface area contributed by atoms with Crippen LogP contribution in [0, 0.1) is 6.92 Å². The van der Waals surface area contributed by atoms with Gasteiger partial charge in [0.05, 0.1) is 14.2 Å². The molecule has 3 N–H and O–H groups in total. The molecule has 0 saturated carbocycles. The largest absolute Gasteiger partial charge is 0.479 e. The molecule has 204 valence electrons. The molecular formula is C24H32ClN9O4. The average molecular weight is 546 g/mol. The minimum Gasteiger partial charge on any atom is -0.479 e. The van der Waals surface area contributed by atoms with Gasteiger partial charge in [0.25, 0.3) is 5.91 Å². The third-order valence-electron chi connectivity index (χ3n) is 6.01. The molecule has 0 aromatic carbocycles. The number of amides is 1. The van der Waals surface area contributed by atoms with Crippen LogP contribution < -0.4 is 25.4 Å². The van der Waals surface area contributed by atoms with E-state index in [1.54, 1.807) is 12.3 Å². The van der Waals surface area contributed by atoms with E-state index in [4.69, 9.17) is 25.5 Å². The van der Waals surface area contributed by atoms with Crippen molar-refractivity contribution in [1.29, 1.82) is 0 Å². The summed E-state index contributed by atoms with van der Waals surface area (Å²) in [7, 11) is 5.06. The number of ether oxygens (including phenoxy) is 2. The Morgan fingerprint density at radius 1 is 1.11 bits per heavy atom. The average Bonchev–Trinajstić information content (AvgIpc) is 3.39. The molecule has 4 heterocycles. The third-order valence-corrected chi connectivity index (χ3v) is 6.19. The molecule has 0 bridgehead atoms. The summed E-state index contributed by atoms with van der Waals surface area (Å²) in [5.74, 6) is 0.933. The molecule has 0 aliphatic carbocycles. The van der Waals surface area contributed by atoms with E-state index < -0.39 is 5.91 Å². The Bertz CT molecular complexity index is 1220. The van der Waals surface area contributed by atoms with Crippen molar-refractivity contribution in [3.05, 3.63) is 34.9 Å². The summed E-state index contributed by atoms with van der Waals surface area (Å²) < 4.78 is 16.5. The molecule has 1 fully saturated rings. The number of furan rings is 1. The standard InChI is InChI=1S/C24H32ClN9O4/c1-15-14-27-23(25)30-19(15)28-17-7-6-16(38-17)20(35)29-18-21(36-3)31-24(32-22(18)37-4)26-8-5-9-34-12-10-33(2)11-13-34/h6-7,14H,5,8-13H2,1-4H3,(H,29,35)(H,26,31,32)(H,27,28,30). The van der Waals surface area contributed by atoms with Crippen molar-refractivity contribution in [3.63, 3.8) is 0 Å². The highest BCUT2D eigenvalue weighted by Crippen LogP contribution is 2.33. The van der Waals surface area contributed by atoms with Gasteiger partial charge >= 0.3 is 0 Å². The molecule has 38 heavy (non-hydrogen) atoms. The second kappa shape index (κ2) is 12.7. The molecule has 3 aromatic rings. The third kappa shape index (κ3) is 7.00. The van der Waals surface area contributed by atoms with Crippen molar-refractivity contribution >= 4 is 40.8 Å². The summed E-state index contributed by atoms with van der Waals surface area (Å²) in [6.45, 7) is 7.82. The lowest BCUT2D eigenvalue weighted by Gasteiger charge is -2.32. The SMILES string of the molecule is COc1nc(NCCCN2CCN(C)CC2)nc(OC)c1NC(=O)c1ccc(Nc2nc(Cl)ncc2C)o1. The predicted molar refractivity (Wildman–Crippen MR) is 144 cm³/mol. The van der Waals surface area contributed by atoms with Gasteiger partial charge in [-0.15, -0.1) is 0 Å². The Morgan fingerprint density at radius 3 is 2.50 bits per heavy atom. The van der Waals surface area contributed by atoms with E-state index in [0.29, 0.717) is 24.2 Å². The van der Waals surface area contributed by atoms with Crippen LogP contribution in [-0.4, -0.2) is 96.2 Å².